The van der Waals surface area contributed by atoms with Crippen LogP contribution in [0, 0.1) is 11.3 Å². The molecular formula is C30H28N4O3. The molecule has 0 saturated heterocycles. The van der Waals surface area contributed by atoms with Crippen LogP contribution < -0.4 is 15.4 Å². The summed E-state index contributed by atoms with van der Waals surface area (Å²) in [5.74, 6) is 0.146. The van der Waals surface area contributed by atoms with Gasteiger partial charge in [0, 0.05) is 23.2 Å². The number of nitrogens with one attached hydrogen (secondary N) is 2. The van der Waals surface area contributed by atoms with E-state index in [1.165, 1.54) is 0 Å². The SMILES string of the molecule is COc1ccc(CNC(=O)C(C#N)=C2N=C(NC(=O)c3ccc(C(C)(C)C)cc3)c3ccccc32)cc1. The number of benzene rings is 3. The standard InChI is InChI=1S/C30H28N4O3/c1-30(2,3)21-13-11-20(12-14-21)28(35)34-27-24-8-6-5-7-23(24)26(33-27)25(17-31)29(36)32-18-19-9-15-22(37-4)16-10-19/h5-16H,18H2,1-4H3,(H,32,36)(H,33,34,35). The number of amides is 2. The maximum atomic E-state index is 13.0. The molecule has 1 aliphatic rings. The van der Waals surface area contributed by atoms with E-state index in [1.807, 2.05) is 36.4 Å². The van der Waals surface area contributed by atoms with E-state index in [0.29, 0.717) is 28.3 Å². The lowest BCUT2D eigenvalue weighted by Gasteiger charge is -2.19. The molecule has 3 aromatic carbocycles. The molecule has 0 unspecified atom stereocenters. The number of nitriles is 1. The molecule has 0 spiro atoms. The monoisotopic (exact) mass is 492 g/mol. The third kappa shape index (κ3) is 5.60. The molecule has 0 bridgehead atoms. The Balaban J connectivity index is 1.57. The maximum Gasteiger partial charge on any atom is 0.264 e. The predicted octanol–water partition coefficient (Wildman–Crippen LogP) is 4.73. The van der Waals surface area contributed by atoms with E-state index in [-0.39, 0.29) is 29.1 Å². The summed E-state index contributed by atoms with van der Waals surface area (Å²) in [5, 5.41) is 15.5. The van der Waals surface area contributed by atoms with Gasteiger partial charge in [0.05, 0.1) is 12.8 Å². The van der Waals surface area contributed by atoms with E-state index in [4.69, 9.17) is 4.74 Å². The summed E-state index contributed by atoms with van der Waals surface area (Å²) in [5.41, 5.74) is 3.80. The van der Waals surface area contributed by atoms with Crippen molar-refractivity contribution in [2.45, 2.75) is 32.7 Å². The molecule has 0 atom stereocenters. The summed E-state index contributed by atoms with van der Waals surface area (Å²) in [7, 11) is 1.58. The summed E-state index contributed by atoms with van der Waals surface area (Å²) in [6, 6.07) is 23.9. The Labute approximate surface area is 216 Å². The first-order valence-electron chi connectivity index (χ1n) is 11.9. The van der Waals surface area contributed by atoms with Crippen molar-refractivity contribution in [2.24, 2.45) is 4.99 Å². The number of aliphatic imine (C=N–C) groups is 1. The van der Waals surface area contributed by atoms with Gasteiger partial charge < -0.3 is 15.4 Å². The first-order valence-corrected chi connectivity index (χ1v) is 11.9. The molecule has 0 aliphatic carbocycles. The van der Waals surface area contributed by atoms with E-state index in [1.54, 1.807) is 49.6 Å². The summed E-state index contributed by atoms with van der Waals surface area (Å²) in [6.07, 6.45) is 0. The number of ether oxygens (including phenoxy) is 1. The van der Waals surface area contributed by atoms with Crippen molar-refractivity contribution in [1.29, 1.82) is 5.26 Å². The minimum Gasteiger partial charge on any atom is -0.497 e. The van der Waals surface area contributed by atoms with Crippen LogP contribution in [0.1, 0.15) is 53.4 Å². The van der Waals surface area contributed by atoms with Crippen LogP contribution in [-0.2, 0) is 16.8 Å². The van der Waals surface area contributed by atoms with Crippen molar-refractivity contribution < 1.29 is 14.3 Å². The zero-order chi connectivity index (χ0) is 26.6. The molecule has 0 radical (unpaired) electrons. The molecular weight excluding hydrogens is 464 g/mol. The Morgan fingerprint density at radius 2 is 1.59 bits per heavy atom. The van der Waals surface area contributed by atoms with Gasteiger partial charge in [0.2, 0.25) is 0 Å². The Bertz CT molecular complexity index is 1440. The minimum absolute atomic E-state index is 0.0230. The topological polar surface area (TPSA) is 104 Å². The molecule has 1 heterocycles. The highest BCUT2D eigenvalue weighted by atomic mass is 16.5. The maximum absolute atomic E-state index is 13.0. The van der Waals surface area contributed by atoms with Crippen LogP contribution in [0.25, 0.3) is 5.70 Å². The fourth-order valence-electron chi connectivity index (χ4n) is 3.94. The Morgan fingerprint density at radius 3 is 2.19 bits per heavy atom. The van der Waals surface area contributed by atoms with E-state index in [9.17, 15) is 14.9 Å². The average molecular weight is 493 g/mol. The lowest BCUT2D eigenvalue weighted by molar-refractivity contribution is -0.117. The van der Waals surface area contributed by atoms with Gasteiger partial charge in [0.15, 0.2) is 0 Å². The zero-order valence-corrected chi connectivity index (χ0v) is 21.3. The van der Waals surface area contributed by atoms with Crippen LogP contribution in [0.4, 0.5) is 0 Å². The molecule has 7 heteroatoms. The van der Waals surface area contributed by atoms with Crippen molar-refractivity contribution in [2.75, 3.05) is 7.11 Å². The molecule has 37 heavy (non-hydrogen) atoms. The van der Waals surface area contributed by atoms with Crippen LogP contribution in [0.15, 0.2) is 83.4 Å². The molecule has 2 amide bonds. The smallest absolute Gasteiger partial charge is 0.264 e. The highest BCUT2D eigenvalue weighted by molar-refractivity contribution is 6.20. The van der Waals surface area contributed by atoms with Crippen molar-refractivity contribution in [3.63, 3.8) is 0 Å². The largest absolute Gasteiger partial charge is 0.497 e. The summed E-state index contributed by atoms with van der Waals surface area (Å²) >= 11 is 0. The number of carbonyl (C=O) groups excluding carboxylic acids is 2. The number of nitrogens with zero attached hydrogens (tertiary/aromatic N) is 2. The van der Waals surface area contributed by atoms with Gasteiger partial charge in [0.25, 0.3) is 11.8 Å². The first kappa shape index (κ1) is 25.4. The lowest BCUT2D eigenvalue weighted by Crippen LogP contribution is -2.30. The van der Waals surface area contributed by atoms with Crippen LogP contribution in [0.5, 0.6) is 5.75 Å². The molecule has 3 aromatic rings. The van der Waals surface area contributed by atoms with Gasteiger partial charge in [-0.2, -0.15) is 5.26 Å². The molecule has 7 nitrogen and oxygen atoms in total. The zero-order valence-electron chi connectivity index (χ0n) is 21.3. The number of amidine groups is 1. The minimum atomic E-state index is -0.544. The number of rotatable bonds is 5. The lowest BCUT2D eigenvalue weighted by atomic mass is 9.87. The van der Waals surface area contributed by atoms with Crippen molar-refractivity contribution in [3.05, 3.63) is 106 Å². The number of fused-ring (bicyclic) bond motifs is 1. The van der Waals surface area contributed by atoms with Crippen LogP contribution in [0.2, 0.25) is 0 Å². The van der Waals surface area contributed by atoms with Gasteiger partial charge in [-0.1, -0.05) is 69.3 Å². The van der Waals surface area contributed by atoms with Gasteiger partial charge in [-0.05, 0) is 40.8 Å². The van der Waals surface area contributed by atoms with E-state index in [2.05, 4.69) is 36.4 Å². The third-order valence-electron chi connectivity index (χ3n) is 6.09. The van der Waals surface area contributed by atoms with Gasteiger partial charge in [0.1, 0.15) is 23.2 Å². The highest BCUT2D eigenvalue weighted by Crippen LogP contribution is 2.31. The molecule has 1 aliphatic heterocycles. The summed E-state index contributed by atoms with van der Waals surface area (Å²) < 4.78 is 5.15. The second-order valence-electron chi connectivity index (χ2n) is 9.65. The second kappa shape index (κ2) is 10.5. The van der Waals surface area contributed by atoms with Gasteiger partial charge >= 0.3 is 0 Å². The van der Waals surface area contributed by atoms with Crippen LogP contribution in [0.3, 0.4) is 0 Å². The molecule has 186 valence electrons. The molecule has 0 saturated carbocycles. The van der Waals surface area contributed by atoms with E-state index >= 15 is 0 Å². The first-order chi connectivity index (χ1) is 17.7. The summed E-state index contributed by atoms with van der Waals surface area (Å²) in [6.45, 7) is 6.57. The summed E-state index contributed by atoms with van der Waals surface area (Å²) in [4.78, 5) is 30.5. The Hall–Kier alpha value is -4.70. The number of methoxy groups -OCH3 is 1. The highest BCUT2D eigenvalue weighted by Gasteiger charge is 2.27. The number of hydrogen-bond acceptors (Lipinski definition) is 5. The number of hydrogen-bond donors (Lipinski definition) is 2. The molecule has 2 N–H and O–H groups in total. The van der Waals surface area contributed by atoms with E-state index in [0.717, 1.165) is 11.1 Å². The molecule has 0 fully saturated rings. The third-order valence-corrected chi connectivity index (χ3v) is 6.09. The quantitative estimate of drug-likeness (QED) is 0.397. The van der Waals surface area contributed by atoms with Crippen LogP contribution >= 0.6 is 0 Å². The van der Waals surface area contributed by atoms with E-state index < -0.39 is 5.91 Å². The Kier molecular flexibility index (Phi) is 7.21. The molecule has 4 rings (SSSR count). The Morgan fingerprint density at radius 1 is 0.946 bits per heavy atom. The van der Waals surface area contributed by atoms with Gasteiger partial charge in [-0.3, -0.25) is 9.59 Å². The van der Waals surface area contributed by atoms with Crippen molar-refractivity contribution in [1.82, 2.24) is 10.6 Å². The fourth-order valence-corrected chi connectivity index (χ4v) is 3.94. The van der Waals surface area contributed by atoms with Gasteiger partial charge in [-0.15, -0.1) is 0 Å². The predicted molar refractivity (Wildman–Crippen MR) is 143 cm³/mol. The fraction of sp³-hybridized carbons (Fsp3) is 0.200. The normalized spacial score (nSPS) is 13.6. The average Bonchev–Trinajstić information content (AvgIpc) is 3.25. The van der Waals surface area contributed by atoms with Crippen molar-refractivity contribution >= 4 is 23.3 Å². The van der Waals surface area contributed by atoms with Crippen LogP contribution in [-0.4, -0.2) is 24.8 Å². The molecule has 0 aromatic heterocycles. The number of carbonyl (C=O) groups is 2. The van der Waals surface area contributed by atoms with Crippen molar-refractivity contribution in [3.8, 4) is 11.8 Å². The second-order valence-corrected chi connectivity index (χ2v) is 9.65. The van der Waals surface area contributed by atoms with Gasteiger partial charge in [-0.25, -0.2) is 4.99 Å².